The van der Waals surface area contributed by atoms with Crippen molar-refractivity contribution in [3.05, 3.63) is 39.9 Å². The number of benzene rings is 1. The van der Waals surface area contributed by atoms with E-state index in [1.165, 1.54) is 6.92 Å². The maximum Gasteiger partial charge on any atom is 0.332 e. The zero-order valence-corrected chi connectivity index (χ0v) is 10.6. The van der Waals surface area contributed by atoms with E-state index >= 15 is 0 Å². The lowest BCUT2D eigenvalue weighted by atomic mass is 10.1. The molecule has 2 N–H and O–H groups in total. The smallest absolute Gasteiger partial charge is 0.332 e. The number of aromatic amines is 1. The van der Waals surface area contributed by atoms with Gasteiger partial charge in [0, 0.05) is 0 Å². The molecule has 0 aliphatic heterocycles. The van der Waals surface area contributed by atoms with Crippen LogP contribution in [0.2, 0.25) is 0 Å². The summed E-state index contributed by atoms with van der Waals surface area (Å²) in [5, 5.41) is 9.22. The fraction of sp³-hybridized carbons (Fsp3) is 0.308. The molecule has 2 aromatic rings. The Hall–Kier alpha value is -2.21. The Morgan fingerprint density at radius 2 is 2.26 bits per heavy atom. The SMILES string of the molecule is Cc1cccc2c(=O)[nH]c(CO[C@H](C)C(=O)O)nc12. The average molecular weight is 262 g/mol. The van der Waals surface area contributed by atoms with Crippen LogP contribution in [0.25, 0.3) is 10.9 Å². The Kier molecular flexibility index (Phi) is 3.62. The number of aromatic nitrogens is 2. The number of hydrogen-bond donors (Lipinski definition) is 2. The van der Waals surface area contributed by atoms with Crippen LogP contribution in [0, 0.1) is 6.92 Å². The Balaban J connectivity index is 2.33. The van der Waals surface area contributed by atoms with E-state index in [0.29, 0.717) is 16.7 Å². The summed E-state index contributed by atoms with van der Waals surface area (Å²) >= 11 is 0. The Labute approximate surface area is 109 Å². The van der Waals surface area contributed by atoms with Gasteiger partial charge < -0.3 is 14.8 Å². The molecular weight excluding hydrogens is 248 g/mol. The molecule has 0 saturated heterocycles. The standard InChI is InChI=1S/C13H14N2O4/c1-7-4-3-5-9-11(7)14-10(15-12(9)16)6-19-8(2)13(17)18/h3-5,8H,6H2,1-2H3,(H,17,18)(H,14,15,16)/t8-/m1/s1. The highest BCUT2D eigenvalue weighted by atomic mass is 16.5. The summed E-state index contributed by atoms with van der Waals surface area (Å²) in [6.07, 6.45) is -0.946. The summed E-state index contributed by atoms with van der Waals surface area (Å²) in [6.45, 7) is 3.24. The molecule has 0 aliphatic rings. The summed E-state index contributed by atoms with van der Waals surface area (Å²) in [7, 11) is 0. The number of para-hydroxylation sites is 1. The van der Waals surface area contributed by atoms with Crippen molar-refractivity contribution < 1.29 is 14.6 Å². The van der Waals surface area contributed by atoms with Crippen molar-refractivity contribution in [3.8, 4) is 0 Å². The predicted octanol–water partition coefficient (Wildman–Crippen LogP) is 1.22. The normalized spacial score (nSPS) is 12.5. The van der Waals surface area contributed by atoms with Gasteiger partial charge in [-0.25, -0.2) is 9.78 Å². The highest BCUT2D eigenvalue weighted by molar-refractivity contribution is 5.80. The second-order valence-electron chi connectivity index (χ2n) is 4.28. The van der Waals surface area contributed by atoms with Gasteiger partial charge in [-0.15, -0.1) is 0 Å². The van der Waals surface area contributed by atoms with Gasteiger partial charge in [-0.3, -0.25) is 4.79 Å². The van der Waals surface area contributed by atoms with Crippen LogP contribution in [-0.2, 0) is 16.1 Å². The number of nitrogens with one attached hydrogen (secondary N) is 1. The van der Waals surface area contributed by atoms with E-state index in [1.54, 1.807) is 12.1 Å². The Morgan fingerprint density at radius 1 is 1.53 bits per heavy atom. The van der Waals surface area contributed by atoms with Crippen molar-refractivity contribution in [1.29, 1.82) is 0 Å². The first-order valence-corrected chi connectivity index (χ1v) is 5.82. The highest BCUT2D eigenvalue weighted by Gasteiger charge is 2.12. The second kappa shape index (κ2) is 5.19. The van der Waals surface area contributed by atoms with Gasteiger partial charge in [0.25, 0.3) is 5.56 Å². The van der Waals surface area contributed by atoms with E-state index in [1.807, 2.05) is 13.0 Å². The molecule has 19 heavy (non-hydrogen) atoms. The van der Waals surface area contributed by atoms with Crippen LogP contribution in [0.15, 0.2) is 23.0 Å². The molecule has 100 valence electrons. The minimum absolute atomic E-state index is 0.0486. The first-order valence-electron chi connectivity index (χ1n) is 5.82. The Bertz CT molecular complexity index is 678. The number of rotatable bonds is 4. The van der Waals surface area contributed by atoms with Crippen LogP contribution in [0.3, 0.4) is 0 Å². The van der Waals surface area contributed by atoms with Gasteiger partial charge in [0.05, 0.1) is 10.9 Å². The van der Waals surface area contributed by atoms with Crippen molar-refractivity contribution in [2.45, 2.75) is 26.6 Å². The number of ether oxygens (including phenoxy) is 1. The van der Waals surface area contributed by atoms with Gasteiger partial charge in [-0.1, -0.05) is 12.1 Å². The zero-order valence-electron chi connectivity index (χ0n) is 10.6. The van der Waals surface area contributed by atoms with E-state index in [9.17, 15) is 9.59 Å². The molecule has 0 saturated carbocycles. The first kappa shape index (κ1) is 13.2. The lowest BCUT2D eigenvalue weighted by molar-refractivity contribution is -0.150. The van der Waals surface area contributed by atoms with Gasteiger partial charge in [0.15, 0.2) is 6.10 Å². The molecule has 1 aromatic heterocycles. The maximum atomic E-state index is 11.9. The molecule has 0 fully saturated rings. The highest BCUT2D eigenvalue weighted by Crippen LogP contribution is 2.12. The lowest BCUT2D eigenvalue weighted by Crippen LogP contribution is -2.21. The van der Waals surface area contributed by atoms with Crippen LogP contribution in [-0.4, -0.2) is 27.1 Å². The third-order valence-electron chi connectivity index (χ3n) is 2.80. The molecule has 1 atom stereocenters. The second-order valence-corrected chi connectivity index (χ2v) is 4.28. The zero-order chi connectivity index (χ0) is 14.0. The number of carbonyl (C=O) groups is 1. The molecule has 0 aliphatic carbocycles. The molecule has 0 unspecified atom stereocenters. The average Bonchev–Trinajstić information content (AvgIpc) is 2.37. The quantitative estimate of drug-likeness (QED) is 0.864. The summed E-state index contributed by atoms with van der Waals surface area (Å²) in [5.74, 6) is -0.737. The van der Waals surface area contributed by atoms with Crippen molar-refractivity contribution >= 4 is 16.9 Å². The van der Waals surface area contributed by atoms with E-state index < -0.39 is 12.1 Å². The van der Waals surface area contributed by atoms with Gasteiger partial charge in [-0.2, -0.15) is 0 Å². The van der Waals surface area contributed by atoms with E-state index in [0.717, 1.165) is 5.56 Å². The molecule has 0 bridgehead atoms. The molecule has 1 aromatic carbocycles. The summed E-state index contributed by atoms with van der Waals surface area (Å²) in [5.41, 5.74) is 1.24. The molecule has 1 heterocycles. The summed E-state index contributed by atoms with van der Waals surface area (Å²) in [4.78, 5) is 29.4. The van der Waals surface area contributed by atoms with Crippen LogP contribution in [0.5, 0.6) is 0 Å². The van der Waals surface area contributed by atoms with Crippen LogP contribution < -0.4 is 5.56 Å². The van der Waals surface area contributed by atoms with Crippen molar-refractivity contribution in [2.24, 2.45) is 0 Å². The monoisotopic (exact) mass is 262 g/mol. The number of fused-ring (bicyclic) bond motifs is 1. The number of nitrogens with zero attached hydrogens (tertiary/aromatic N) is 1. The first-order chi connectivity index (χ1) is 8.99. The molecule has 6 nitrogen and oxygen atoms in total. The van der Waals surface area contributed by atoms with Crippen LogP contribution in [0.4, 0.5) is 0 Å². The topological polar surface area (TPSA) is 92.3 Å². The fourth-order valence-electron chi connectivity index (χ4n) is 1.70. The number of carboxylic acid groups (broad SMARTS) is 1. The largest absolute Gasteiger partial charge is 0.479 e. The number of aryl methyl sites for hydroxylation is 1. The summed E-state index contributed by atoms with van der Waals surface area (Å²) in [6, 6.07) is 5.34. The minimum Gasteiger partial charge on any atom is -0.479 e. The van der Waals surface area contributed by atoms with E-state index in [-0.39, 0.29) is 12.2 Å². The van der Waals surface area contributed by atoms with Crippen LogP contribution >= 0.6 is 0 Å². The molecule has 0 amide bonds. The van der Waals surface area contributed by atoms with Crippen molar-refractivity contribution in [1.82, 2.24) is 9.97 Å². The number of aliphatic carboxylic acids is 1. The fourth-order valence-corrected chi connectivity index (χ4v) is 1.70. The molecule has 6 heteroatoms. The molecule has 0 radical (unpaired) electrons. The van der Waals surface area contributed by atoms with Gasteiger partial charge in [0.1, 0.15) is 12.4 Å². The molecular formula is C13H14N2O4. The lowest BCUT2D eigenvalue weighted by Gasteiger charge is -2.08. The number of carboxylic acids is 1. The van der Waals surface area contributed by atoms with Crippen molar-refractivity contribution in [3.63, 3.8) is 0 Å². The third-order valence-corrected chi connectivity index (χ3v) is 2.80. The predicted molar refractivity (Wildman–Crippen MR) is 69.0 cm³/mol. The number of H-pyrrole nitrogens is 1. The van der Waals surface area contributed by atoms with Gasteiger partial charge in [-0.05, 0) is 25.5 Å². The third kappa shape index (κ3) is 2.79. The van der Waals surface area contributed by atoms with Crippen molar-refractivity contribution in [2.75, 3.05) is 0 Å². The molecule has 2 rings (SSSR count). The van der Waals surface area contributed by atoms with E-state index in [2.05, 4.69) is 9.97 Å². The van der Waals surface area contributed by atoms with Crippen LogP contribution in [0.1, 0.15) is 18.3 Å². The maximum absolute atomic E-state index is 11.9. The molecule has 0 spiro atoms. The van der Waals surface area contributed by atoms with E-state index in [4.69, 9.17) is 9.84 Å². The van der Waals surface area contributed by atoms with Gasteiger partial charge in [0.2, 0.25) is 0 Å². The minimum atomic E-state index is -1.06. The Morgan fingerprint density at radius 3 is 2.95 bits per heavy atom. The summed E-state index contributed by atoms with van der Waals surface area (Å²) < 4.78 is 5.10. The number of hydrogen-bond acceptors (Lipinski definition) is 4. The van der Waals surface area contributed by atoms with Gasteiger partial charge >= 0.3 is 5.97 Å².